The molecular formula is C16H20F3N3O. The van der Waals surface area contributed by atoms with Crippen LogP contribution in [0.2, 0.25) is 0 Å². The molecule has 1 aromatic rings. The SMILES string of the molecule is O=C(C1CCC1)N1CCCN(c2ncccc2C(F)(F)F)CC1. The fourth-order valence-electron chi connectivity index (χ4n) is 3.13. The molecule has 0 N–H and O–H groups in total. The van der Waals surface area contributed by atoms with Gasteiger partial charge in [-0.1, -0.05) is 6.42 Å². The van der Waals surface area contributed by atoms with Crippen LogP contribution in [0.3, 0.4) is 0 Å². The fraction of sp³-hybridized carbons (Fsp3) is 0.625. The van der Waals surface area contributed by atoms with Crippen molar-refractivity contribution >= 4 is 11.7 Å². The topological polar surface area (TPSA) is 36.4 Å². The molecule has 1 aromatic heterocycles. The maximum absolute atomic E-state index is 13.1. The van der Waals surface area contributed by atoms with E-state index in [-0.39, 0.29) is 17.6 Å². The minimum absolute atomic E-state index is 0.0297. The van der Waals surface area contributed by atoms with Crippen molar-refractivity contribution in [2.24, 2.45) is 5.92 Å². The summed E-state index contributed by atoms with van der Waals surface area (Å²) in [7, 11) is 0. The van der Waals surface area contributed by atoms with E-state index >= 15 is 0 Å². The molecule has 0 bridgehead atoms. The predicted molar refractivity (Wildman–Crippen MR) is 80.0 cm³/mol. The van der Waals surface area contributed by atoms with Gasteiger partial charge in [-0.2, -0.15) is 13.2 Å². The first-order valence-corrected chi connectivity index (χ1v) is 8.03. The van der Waals surface area contributed by atoms with Crippen molar-refractivity contribution in [3.8, 4) is 0 Å². The molecule has 1 saturated heterocycles. The van der Waals surface area contributed by atoms with Crippen LogP contribution < -0.4 is 4.90 Å². The Hall–Kier alpha value is -1.79. The zero-order chi connectivity index (χ0) is 16.4. The molecule has 2 aliphatic rings. The number of alkyl halides is 3. The third-order valence-corrected chi connectivity index (χ3v) is 4.65. The zero-order valence-electron chi connectivity index (χ0n) is 12.9. The molecule has 23 heavy (non-hydrogen) atoms. The lowest BCUT2D eigenvalue weighted by molar-refractivity contribution is -0.138. The number of pyridine rings is 1. The number of halogens is 3. The van der Waals surface area contributed by atoms with Gasteiger partial charge in [0, 0.05) is 38.3 Å². The number of rotatable bonds is 2. The summed E-state index contributed by atoms with van der Waals surface area (Å²) in [4.78, 5) is 19.7. The first-order valence-electron chi connectivity index (χ1n) is 8.03. The Bertz CT molecular complexity index is 572. The van der Waals surface area contributed by atoms with Crippen LogP contribution in [0, 0.1) is 5.92 Å². The van der Waals surface area contributed by atoms with Crippen molar-refractivity contribution in [1.82, 2.24) is 9.88 Å². The first kappa shape index (κ1) is 16.1. The molecule has 1 aliphatic heterocycles. The molecule has 3 rings (SSSR count). The summed E-state index contributed by atoms with van der Waals surface area (Å²) in [6, 6.07) is 2.36. The second-order valence-corrected chi connectivity index (χ2v) is 6.17. The number of hydrogen-bond acceptors (Lipinski definition) is 3. The standard InChI is InChI=1S/C16H20F3N3O/c17-16(18,19)13-6-2-7-20-14(13)21-8-3-9-22(11-10-21)15(23)12-4-1-5-12/h2,6-7,12H,1,3-5,8-11H2. The van der Waals surface area contributed by atoms with Gasteiger partial charge in [-0.05, 0) is 31.4 Å². The van der Waals surface area contributed by atoms with Crippen LogP contribution in [-0.2, 0) is 11.0 Å². The summed E-state index contributed by atoms with van der Waals surface area (Å²) in [5.74, 6) is 0.259. The molecule has 0 radical (unpaired) electrons. The highest BCUT2D eigenvalue weighted by molar-refractivity contribution is 5.79. The molecule has 1 amide bonds. The van der Waals surface area contributed by atoms with Crippen LogP contribution in [0.5, 0.6) is 0 Å². The van der Waals surface area contributed by atoms with Crippen LogP contribution in [-0.4, -0.2) is 42.0 Å². The van der Waals surface area contributed by atoms with E-state index in [4.69, 9.17) is 0 Å². The molecule has 1 saturated carbocycles. The largest absolute Gasteiger partial charge is 0.419 e. The molecule has 7 heteroatoms. The number of amides is 1. The summed E-state index contributed by atoms with van der Waals surface area (Å²) in [5, 5.41) is 0. The minimum Gasteiger partial charge on any atom is -0.354 e. The Morgan fingerprint density at radius 3 is 2.57 bits per heavy atom. The third-order valence-electron chi connectivity index (χ3n) is 4.65. The van der Waals surface area contributed by atoms with E-state index < -0.39 is 11.7 Å². The van der Waals surface area contributed by atoms with Gasteiger partial charge in [-0.25, -0.2) is 4.98 Å². The molecule has 126 valence electrons. The molecule has 0 atom stereocenters. The Morgan fingerprint density at radius 2 is 1.91 bits per heavy atom. The van der Waals surface area contributed by atoms with Gasteiger partial charge in [0.05, 0.1) is 5.56 Å². The number of hydrogen-bond donors (Lipinski definition) is 0. The summed E-state index contributed by atoms with van der Waals surface area (Å²) < 4.78 is 39.4. The van der Waals surface area contributed by atoms with E-state index in [2.05, 4.69) is 4.98 Å². The van der Waals surface area contributed by atoms with Gasteiger partial charge in [0.1, 0.15) is 5.82 Å². The highest BCUT2D eigenvalue weighted by Gasteiger charge is 2.36. The van der Waals surface area contributed by atoms with E-state index in [1.807, 2.05) is 0 Å². The first-order chi connectivity index (χ1) is 11.0. The van der Waals surface area contributed by atoms with E-state index in [0.29, 0.717) is 32.6 Å². The maximum atomic E-state index is 13.1. The number of anilines is 1. The Morgan fingerprint density at radius 1 is 1.13 bits per heavy atom. The number of aromatic nitrogens is 1. The molecule has 2 fully saturated rings. The molecular weight excluding hydrogens is 307 g/mol. The molecule has 0 aromatic carbocycles. The van der Waals surface area contributed by atoms with Crippen LogP contribution >= 0.6 is 0 Å². The zero-order valence-corrected chi connectivity index (χ0v) is 12.9. The maximum Gasteiger partial charge on any atom is 0.419 e. The van der Waals surface area contributed by atoms with Crippen molar-refractivity contribution in [1.29, 1.82) is 0 Å². The Labute approximate surface area is 133 Å². The third kappa shape index (κ3) is 3.43. The second kappa shape index (κ2) is 6.37. The van der Waals surface area contributed by atoms with Crippen LogP contribution in [0.15, 0.2) is 18.3 Å². The molecule has 2 heterocycles. The molecule has 4 nitrogen and oxygen atoms in total. The smallest absolute Gasteiger partial charge is 0.354 e. The lowest BCUT2D eigenvalue weighted by Crippen LogP contribution is -2.41. The minimum atomic E-state index is -4.42. The van der Waals surface area contributed by atoms with Gasteiger partial charge in [0.2, 0.25) is 5.91 Å². The van der Waals surface area contributed by atoms with Crippen molar-refractivity contribution in [2.75, 3.05) is 31.1 Å². The van der Waals surface area contributed by atoms with Crippen LogP contribution in [0.25, 0.3) is 0 Å². The molecule has 0 unspecified atom stereocenters. The number of carbonyl (C=O) groups is 1. The second-order valence-electron chi connectivity index (χ2n) is 6.17. The highest BCUT2D eigenvalue weighted by atomic mass is 19.4. The predicted octanol–water partition coefficient (Wildman–Crippen LogP) is 2.94. The Kier molecular flexibility index (Phi) is 4.46. The van der Waals surface area contributed by atoms with Gasteiger partial charge < -0.3 is 9.80 Å². The van der Waals surface area contributed by atoms with E-state index in [0.717, 1.165) is 25.3 Å². The summed E-state index contributed by atoms with van der Waals surface area (Å²) in [6.45, 7) is 1.94. The number of nitrogens with zero attached hydrogens (tertiary/aromatic N) is 3. The van der Waals surface area contributed by atoms with Gasteiger partial charge >= 0.3 is 6.18 Å². The van der Waals surface area contributed by atoms with Gasteiger partial charge in [-0.15, -0.1) is 0 Å². The number of carbonyl (C=O) groups excluding carboxylic acids is 1. The molecule has 0 spiro atoms. The van der Waals surface area contributed by atoms with E-state index in [9.17, 15) is 18.0 Å². The summed E-state index contributed by atoms with van der Waals surface area (Å²) >= 11 is 0. The van der Waals surface area contributed by atoms with E-state index in [1.165, 1.54) is 12.3 Å². The van der Waals surface area contributed by atoms with Crippen LogP contribution in [0.4, 0.5) is 19.0 Å². The van der Waals surface area contributed by atoms with Crippen molar-refractivity contribution < 1.29 is 18.0 Å². The summed E-state index contributed by atoms with van der Waals surface area (Å²) in [5.41, 5.74) is -0.709. The van der Waals surface area contributed by atoms with Crippen molar-refractivity contribution in [3.63, 3.8) is 0 Å². The van der Waals surface area contributed by atoms with Crippen molar-refractivity contribution in [2.45, 2.75) is 31.9 Å². The normalized spacial score (nSPS) is 20.1. The van der Waals surface area contributed by atoms with Gasteiger partial charge in [0.25, 0.3) is 0 Å². The fourth-order valence-corrected chi connectivity index (χ4v) is 3.13. The monoisotopic (exact) mass is 327 g/mol. The average Bonchev–Trinajstić information content (AvgIpc) is 2.70. The lowest BCUT2D eigenvalue weighted by atomic mass is 9.84. The Balaban J connectivity index is 1.72. The van der Waals surface area contributed by atoms with Gasteiger partial charge in [-0.3, -0.25) is 4.79 Å². The van der Waals surface area contributed by atoms with Crippen LogP contribution in [0.1, 0.15) is 31.2 Å². The van der Waals surface area contributed by atoms with Gasteiger partial charge in [0.15, 0.2) is 0 Å². The van der Waals surface area contributed by atoms with Crippen molar-refractivity contribution in [3.05, 3.63) is 23.9 Å². The average molecular weight is 327 g/mol. The lowest BCUT2D eigenvalue weighted by Gasteiger charge is -2.31. The summed E-state index contributed by atoms with van der Waals surface area (Å²) in [6.07, 6.45) is 0.602. The molecule has 1 aliphatic carbocycles. The highest BCUT2D eigenvalue weighted by Crippen LogP contribution is 2.35. The van der Waals surface area contributed by atoms with E-state index in [1.54, 1.807) is 9.80 Å². The quantitative estimate of drug-likeness (QED) is 0.838.